The van der Waals surface area contributed by atoms with E-state index in [0.29, 0.717) is 10.0 Å². The highest BCUT2D eigenvalue weighted by Crippen LogP contribution is 2.38. The van der Waals surface area contributed by atoms with E-state index in [1.54, 1.807) is 6.07 Å². The number of aromatic nitrogens is 2. The highest BCUT2D eigenvalue weighted by molar-refractivity contribution is 6.35. The Kier molecular flexibility index (Phi) is 3.32. The van der Waals surface area contributed by atoms with Gasteiger partial charge in [-0.2, -0.15) is 5.10 Å². The van der Waals surface area contributed by atoms with Crippen LogP contribution in [0.4, 0.5) is 5.82 Å². The Bertz CT molecular complexity index is 692. The van der Waals surface area contributed by atoms with Gasteiger partial charge in [0, 0.05) is 23.7 Å². The second-order valence-corrected chi connectivity index (χ2v) is 6.24. The maximum atomic E-state index is 6.33. The van der Waals surface area contributed by atoms with Crippen molar-refractivity contribution >= 4 is 29.0 Å². The zero-order valence-electron chi connectivity index (χ0n) is 11.4. The van der Waals surface area contributed by atoms with Gasteiger partial charge in [0.1, 0.15) is 11.9 Å². The maximum absolute atomic E-state index is 6.33. The molecule has 1 saturated heterocycles. The fourth-order valence-corrected chi connectivity index (χ4v) is 3.57. The first kappa shape index (κ1) is 13.4. The quantitative estimate of drug-likeness (QED) is 0.907. The van der Waals surface area contributed by atoms with Crippen LogP contribution in [0.5, 0.6) is 0 Å². The second kappa shape index (κ2) is 5.20. The van der Waals surface area contributed by atoms with Crippen LogP contribution in [0.25, 0.3) is 5.69 Å². The Balaban J connectivity index is 1.84. The van der Waals surface area contributed by atoms with Crippen LogP contribution in [0.15, 0.2) is 18.2 Å². The van der Waals surface area contributed by atoms with Crippen LogP contribution in [0.1, 0.15) is 30.2 Å². The van der Waals surface area contributed by atoms with E-state index in [9.17, 15) is 0 Å². The molecule has 6 heteroatoms. The summed E-state index contributed by atoms with van der Waals surface area (Å²) in [6.07, 6.45) is 3.24. The molecule has 2 aliphatic rings. The highest BCUT2D eigenvalue weighted by Gasteiger charge is 2.30. The van der Waals surface area contributed by atoms with Crippen molar-refractivity contribution in [2.45, 2.75) is 25.4 Å². The third-order valence-electron chi connectivity index (χ3n) is 4.05. The Morgan fingerprint density at radius 1 is 1.33 bits per heavy atom. The first-order chi connectivity index (χ1) is 10.2. The standard InChI is InChI=1S/C15H15Cl2N3O/c16-9-3-4-12(11(17)8-9)20-15-10(5-6-18-15)14(19-20)13-2-1-7-21-13/h3-4,8,13,18H,1-2,5-7H2. The zero-order valence-corrected chi connectivity index (χ0v) is 12.9. The van der Waals surface area contributed by atoms with Gasteiger partial charge in [-0.25, -0.2) is 4.68 Å². The lowest BCUT2D eigenvalue weighted by atomic mass is 10.1. The molecular formula is C15H15Cl2N3O. The average molecular weight is 324 g/mol. The molecule has 0 bridgehead atoms. The van der Waals surface area contributed by atoms with Gasteiger partial charge in [-0.3, -0.25) is 0 Å². The van der Waals surface area contributed by atoms with Gasteiger partial charge in [0.15, 0.2) is 0 Å². The summed E-state index contributed by atoms with van der Waals surface area (Å²) in [6.45, 7) is 1.75. The molecule has 3 heterocycles. The van der Waals surface area contributed by atoms with E-state index in [2.05, 4.69) is 5.32 Å². The molecule has 1 atom stereocenters. The van der Waals surface area contributed by atoms with Crippen LogP contribution >= 0.6 is 23.2 Å². The van der Waals surface area contributed by atoms with Crippen LogP contribution < -0.4 is 5.32 Å². The number of nitrogens with zero attached hydrogens (tertiary/aromatic N) is 2. The highest BCUT2D eigenvalue weighted by atomic mass is 35.5. The van der Waals surface area contributed by atoms with Gasteiger partial charge in [-0.1, -0.05) is 23.2 Å². The van der Waals surface area contributed by atoms with Gasteiger partial charge >= 0.3 is 0 Å². The molecule has 110 valence electrons. The number of nitrogens with one attached hydrogen (secondary N) is 1. The Morgan fingerprint density at radius 2 is 2.24 bits per heavy atom. The van der Waals surface area contributed by atoms with Gasteiger partial charge in [-0.15, -0.1) is 0 Å². The molecule has 0 aliphatic carbocycles. The summed E-state index contributed by atoms with van der Waals surface area (Å²) in [5.41, 5.74) is 3.15. The minimum Gasteiger partial charge on any atom is -0.372 e. The molecule has 1 N–H and O–H groups in total. The third-order valence-corrected chi connectivity index (χ3v) is 4.59. The normalized spacial score (nSPS) is 20.6. The molecule has 4 rings (SSSR count). The Hall–Kier alpha value is -1.23. The minimum absolute atomic E-state index is 0.117. The van der Waals surface area contributed by atoms with E-state index in [0.717, 1.165) is 49.6 Å². The third kappa shape index (κ3) is 2.22. The van der Waals surface area contributed by atoms with Crippen molar-refractivity contribution in [2.75, 3.05) is 18.5 Å². The first-order valence-electron chi connectivity index (χ1n) is 7.17. The predicted octanol–water partition coefficient (Wildman–Crippen LogP) is 4.00. The molecule has 1 aromatic carbocycles. The van der Waals surface area contributed by atoms with Crippen LogP contribution in [0.3, 0.4) is 0 Å². The van der Waals surface area contributed by atoms with E-state index in [4.69, 9.17) is 33.0 Å². The van der Waals surface area contributed by atoms with Gasteiger partial charge in [0.25, 0.3) is 0 Å². The van der Waals surface area contributed by atoms with Crippen molar-refractivity contribution < 1.29 is 4.74 Å². The fourth-order valence-electron chi connectivity index (χ4n) is 3.08. The number of ether oxygens (including phenoxy) is 1. The summed E-state index contributed by atoms with van der Waals surface area (Å²) >= 11 is 12.3. The molecule has 2 aliphatic heterocycles. The molecule has 0 amide bonds. The van der Waals surface area contributed by atoms with Gasteiger partial charge in [0.2, 0.25) is 0 Å². The molecule has 0 radical (unpaired) electrons. The summed E-state index contributed by atoms with van der Waals surface area (Å²) in [6, 6.07) is 5.47. The molecule has 4 nitrogen and oxygen atoms in total. The summed E-state index contributed by atoms with van der Waals surface area (Å²) in [5, 5.41) is 9.40. The average Bonchev–Trinajstić information content (AvgIpc) is 3.15. The lowest BCUT2D eigenvalue weighted by Crippen LogP contribution is -2.07. The minimum atomic E-state index is 0.117. The van der Waals surface area contributed by atoms with Crippen LogP contribution in [-0.2, 0) is 11.2 Å². The van der Waals surface area contributed by atoms with E-state index in [1.165, 1.54) is 5.56 Å². The molecular weight excluding hydrogens is 309 g/mol. The van der Waals surface area contributed by atoms with Gasteiger partial charge in [0.05, 0.1) is 16.4 Å². The zero-order chi connectivity index (χ0) is 14.4. The summed E-state index contributed by atoms with van der Waals surface area (Å²) in [5.74, 6) is 1.03. The summed E-state index contributed by atoms with van der Waals surface area (Å²) in [4.78, 5) is 0. The van der Waals surface area contributed by atoms with Crippen molar-refractivity contribution in [3.63, 3.8) is 0 Å². The summed E-state index contributed by atoms with van der Waals surface area (Å²) < 4.78 is 7.69. The number of rotatable bonds is 2. The largest absolute Gasteiger partial charge is 0.372 e. The van der Waals surface area contributed by atoms with E-state index >= 15 is 0 Å². The lowest BCUT2D eigenvalue weighted by Gasteiger charge is -2.09. The lowest BCUT2D eigenvalue weighted by molar-refractivity contribution is 0.107. The number of halogens is 2. The number of benzene rings is 1. The molecule has 2 aromatic rings. The molecule has 1 fully saturated rings. The molecule has 21 heavy (non-hydrogen) atoms. The van der Waals surface area contributed by atoms with Crippen molar-refractivity contribution in [3.8, 4) is 5.69 Å². The summed E-state index contributed by atoms with van der Waals surface area (Å²) in [7, 11) is 0. The van der Waals surface area contributed by atoms with Crippen molar-refractivity contribution in [1.82, 2.24) is 9.78 Å². The van der Waals surface area contributed by atoms with Gasteiger partial charge in [-0.05, 0) is 37.5 Å². The number of anilines is 1. The Morgan fingerprint density at radius 3 is 3.00 bits per heavy atom. The van der Waals surface area contributed by atoms with Gasteiger partial charge < -0.3 is 10.1 Å². The fraction of sp³-hybridized carbons (Fsp3) is 0.400. The van der Waals surface area contributed by atoms with Crippen molar-refractivity contribution in [2.24, 2.45) is 0 Å². The smallest absolute Gasteiger partial charge is 0.133 e. The predicted molar refractivity (Wildman–Crippen MR) is 83.7 cm³/mol. The van der Waals surface area contributed by atoms with Crippen molar-refractivity contribution in [3.05, 3.63) is 39.5 Å². The molecule has 1 unspecified atom stereocenters. The van der Waals surface area contributed by atoms with E-state index in [1.807, 2.05) is 16.8 Å². The van der Waals surface area contributed by atoms with Crippen LogP contribution in [0, 0.1) is 0 Å². The monoisotopic (exact) mass is 323 g/mol. The van der Waals surface area contributed by atoms with E-state index in [-0.39, 0.29) is 6.10 Å². The number of fused-ring (bicyclic) bond motifs is 1. The van der Waals surface area contributed by atoms with Crippen LogP contribution in [-0.4, -0.2) is 22.9 Å². The topological polar surface area (TPSA) is 39.1 Å². The molecule has 0 spiro atoms. The molecule has 0 saturated carbocycles. The van der Waals surface area contributed by atoms with Crippen LogP contribution in [0.2, 0.25) is 10.0 Å². The maximum Gasteiger partial charge on any atom is 0.133 e. The van der Waals surface area contributed by atoms with Crippen molar-refractivity contribution in [1.29, 1.82) is 0 Å². The Labute approximate surface area is 133 Å². The molecule has 1 aromatic heterocycles. The second-order valence-electron chi connectivity index (χ2n) is 5.40. The first-order valence-corrected chi connectivity index (χ1v) is 7.92. The number of hydrogen-bond acceptors (Lipinski definition) is 3. The van der Waals surface area contributed by atoms with E-state index < -0.39 is 0 Å². The SMILES string of the molecule is Clc1ccc(-n2nc(C3CCCO3)c3c2NCC3)c(Cl)c1. The number of hydrogen-bond donors (Lipinski definition) is 1.